The third-order valence-corrected chi connectivity index (χ3v) is 4.19. The average molecular weight is 212 g/mol. The Balaban J connectivity index is 4.09. The third-order valence-electron chi connectivity index (χ3n) is 1.57. The number of aliphatic hydroxyl groups excluding tert-OH is 2. The van der Waals surface area contributed by atoms with E-state index in [1.54, 1.807) is 30.6 Å². The van der Waals surface area contributed by atoms with E-state index in [1.165, 1.54) is 0 Å². The number of aliphatic hydroxyl groups is 2. The summed E-state index contributed by atoms with van der Waals surface area (Å²) in [5, 5.41) is 18.1. The van der Waals surface area contributed by atoms with E-state index < -0.39 is 6.10 Å². The Morgan fingerprint density at radius 1 is 1.33 bits per heavy atom. The highest BCUT2D eigenvalue weighted by Gasteiger charge is 2.26. The lowest BCUT2D eigenvalue weighted by Gasteiger charge is -2.26. The van der Waals surface area contributed by atoms with Crippen LogP contribution < -0.4 is 0 Å². The highest BCUT2D eigenvalue weighted by atomic mass is 32.2. The Labute approximate surface area is 81.9 Å². The van der Waals surface area contributed by atoms with Gasteiger partial charge in [0.05, 0.1) is 11.2 Å². The van der Waals surface area contributed by atoms with Gasteiger partial charge in [-0.2, -0.15) is 0 Å². The van der Waals surface area contributed by atoms with Crippen molar-refractivity contribution in [2.24, 2.45) is 0 Å². The zero-order valence-corrected chi connectivity index (χ0v) is 9.19. The Hall–Kier alpha value is 0.580. The first-order chi connectivity index (χ1) is 5.71. The van der Waals surface area contributed by atoms with Gasteiger partial charge in [0.15, 0.2) is 0 Å². The second-order valence-corrected chi connectivity index (χ2v) is 4.55. The standard InChI is InChI=1S/C7H16O3S2/c1-10-6(5(9)4-8)7(11-2)12-3/h5-9H,4H2,1-3H3/t5-,6+/m1/s1. The van der Waals surface area contributed by atoms with Crippen molar-refractivity contribution in [2.45, 2.75) is 16.8 Å². The Bertz CT molecular complexity index is 109. The number of methoxy groups -OCH3 is 1. The molecule has 0 aliphatic carbocycles. The Morgan fingerprint density at radius 3 is 2.08 bits per heavy atom. The van der Waals surface area contributed by atoms with Gasteiger partial charge in [-0.25, -0.2) is 0 Å². The van der Waals surface area contributed by atoms with Gasteiger partial charge in [-0.1, -0.05) is 0 Å². The fourth-order valence-electron chi connectivity index (χ4n) is 0.918. The van der Waals surface area contributed by atoms with Crippen LogP contribution in [0.15, 0.2) is 0 Å². The maximum absolute atomic E-state index is 9.35. The molecule has 0 spiro atoms. The maximum Gasteiger partial charge on any atom is 0.106 e. The summed E-state index contributed by atoms with van der Waals surface area (Å²) in [6, 6.07) is 0. The summed E-state index contributed by atoms with van der Waals surface area (Å²) >= 11 is 3.23. The molecular formula is C7H16O3S2. The first kappa shape index (κ1) is 12.6. The monoisotopic (exact) mass is 212 g/mol. The van der Waals surface area contributed by atoms with E-state index in [4.69, 9.17) is 9.84 Å². The van der Waals surface area contributed by atoms with Gasteiger partial charge in [0.25, 0.3) is 0 Å². The fourth-order valence-corrected chi connectivity index (χ4v) is 2.81. The summed E-state index contributed by atoms with van der Waals surface area (Å²) in [5.74, 6) is 0. The molecule has 0 aromatic heterocycles. The molecule has 0 saturated heterocycles. The van der Waals surface area contributed by atoms with Crippen molar-refractivity contribution in [1.82, 2.24) is 0 Å². The van der Waals surface area contributed by atoms with Crippen LogP contribution >= 0.6 is 23.5 Å². The van der Waals surface area contributed by atoms with E-state index >= 15 is 0 Å². The quantitative estimate of drug-likeness (QED) is 0.624. The molecule has 0 aliphatic heterocycles. The molecule has 0 unspecified atom stereocenters. The lowest BCUT2D eigenvalue weighted by atomic mass is 10.2. The Morgan fingerprint density at radius 2 is 1.83 bits per heavy atom. The van der Waals surface area contributed by atoms with Crippen LogP contribution in [-0.2, 0) is 4.74 Å². The minimum Gasteiger partial charge on any atom is -0.394 e. The smallest absolute Gasteiger partial charge is 0.106 e. The summed E-state index contributed by atoms with van der Waals surface area (Å²) in [6.45, 7) is -0.254. The van der Waals surface area contributed by atoms with E-state index in [0.717, 1.165) is 0 Å². The summed E-state index contributed by atoms with van der Waals surface area (Å²) in [4.78, 5) is 0. The summed E-state index contributed by atoms with van der Waals surface area (Å²) in [5.41, 5.74) is 0. The first-order valence-corrected chi connectivity index (χ1v) is 6.16. The fraction of sp³-hybridized carbons (Fsp3) is 1.00. The molecule has 74 valence electrons. The van der Waals surface area contributed by atoms with Crippen molar-refractivity contribution in [1.29, 1.82) is 0 Å². The van der Waals surface area contributed by atoms with Crippen LogP contribution in [0.5, 0.6) is 0 Å². The number of hydrogen-bond acceptors (Lipinski definition) is 5. The molecule has 0 aliphatic rings. The molecule has 0 aromatic carbocycles. The van der Waals surface area contributed by atoms with Crippen molar-refractivity contribution in [3.63, 3.8) is 0 Å². The third kappa shape index (κ3) is 3.53. The van der Waals surface area contributed by atoms with Gasteiger partial charge >= 0.3 is 0 Å². The van der Waals surface area contributed by atoms with Crippen LogP contribution in [0.1, 0.15) is 0 Å². The van der Waals surface area contributed by atoms with Gasteiger partial charge < -0.3 is 14.9 Å². The van der Waals surface area contributed by atoms with E-state index in [0.29, 0.717) is 0 Å². The minimum absolute atomic E-state index is 0.164. The molecular weight excluding hydrogens is 196 g/mol. The number of thioether (sulfide) groups is 2. The molecule has 0 fully saturated rings. The van der Waals surface area contributed by atoms with Gasteiger partial charge in [0.2, 0.25) is 0 Å². The molecule has 0 saturated carbocycles. The zero-order valence-electron chi connectivity index (χ0n) is 7.56. The summed E-state index contributed by atoms with van der Waals surface area (Å²) < 4.78 is 5.26. The molecule has 3 nitrogen and oxygen atoms in total. The van der Waals surface area contributed by atoms with Crippen LogP contribution in [0.25, 0.3) is 0 Å². The topological polar surface area (TPSA) is 49.7 Å². The summed E-state index contributed by atoms with van der Waals surface area (Å²) in [7, 11) is 1.54. The second-order valence-electron chi connectivity index (χ2n) is 2.29. The van der Waals surface area contributed by atoms with Crippen molar-refractivity contribution in [2.75, 3.05) is 26.2 Å². The molecule has 0 aromatic rings. The highest BCUT2D eigenvalue weighted by Crippen LogP contribution is 2.25. The highest BCUT2D eigenvalue weighted by molar-refractivity contribution is 8.16. The van der Waals surface area contributed by atoms with Crippen molar-refractivity contribution < 1.29 is 14.9 Å². The first-order valence-electron chi connectivity index (χ1n) is 3.58. The minimum atomic E-state index is -0.792. The molecule has 0 amide bonds. The number of hydrogen-bond donors (Lipinski definition) is 2. The molecule has 5 heteroatoms. The molecule has 0 rings (SSSR count). The normalized spacial score (nSPS) is 16.5. The van der Waals surface area contributed by atoms with E-state index in [-0.39, 0.29) is 17.3 Å². The van der Waals surface area contributed by atoms with Gasteiger partial charge in [0, 0.05) is 7.11 Å². The number of rotatable bonds is 6. The SMILES string of the molecule is CO[C@H](C(SC)SC)[C@H](O)CO. The van der Waals surface area contributed by atoms with Crippen molar-refractivity contribution in [3.8, 4) is 0 Å². The molecule has 12 heavy (non-hydrogen) atoms. The largest absolute Gasteiger partial charge is 0.394 e. The van der Waals surface area contributed by atoms with Crippen LogP contribution in [-0.4, -0.2) is 53.2 Å². The lowest BCUT2D eigenvalue weighted by Crippen LogP contribution is -2.37. The average Bonchev–Trinajstić information content (AvgIpc) is 2.12. The molecule has 2 N–H and O–H groups in total. The van der Waals surface area contributed by atoms with Crippen molar-refractivity contribution in [3.05, 3.63) is 0 Å². The zero-order chi connectivity index (χ0) is 9.56. The predicted molar refractivity (Wildman–Crippen MR) is 54.7 cm³/mol. The summed E-state index contributed by atoms with van der Waals surface area (Å²) in [6.07, 6.45) is 2.81. The lowest BCUT2D eigenvalue weighted by molar-refractivity contribution is -0.0287. The van der Waals surface area contributed by atoms with E-state index in [2.05, 4.69) is 0 Å². The Kier molecular flexibility index (Phi) is 7.37. The molecule has 0 heterocycles. The second kappa shape index (κ2) is 7.03. The van der Waals surface area contributed by atoms with Crippen LogP contribution in [0.3, 0.4) is 0 Å². The van der Waals surface area contributed by atoms with E-state index in [1.807, 2.05) is 12.5 Å². The number of ether oxygens (including phenoxy) is 1. The van der Waals surface area contributed by atoms with Crippen LogP contribution in [0, 0.1) is 0 Å². The van der Waals surface area contributed by atoms with Gasteiger partial charge in [0.1, 0.15) is 12.2 Å². The van der Waals surface area contributed by atoms with Crippen LogP contribution in [0.4, 0.5) is 0 Å². The van der Waals surface area contributed by atoms with E-state index in [9.17, 15) is 5.11 Å². The molecule has 0 bridgehead atoms. The van der Waals surface area contributed by atoms with Gasteiger partial charge in [-0.3, -0.25) is 0 Å². The van der Waals surface area contributed by atoms with Crippen molar-refractivity contribution >= 4 is 23.5 Å². The van der Waals surface area contributed by atoms with Gasteiger partial charge in [-0.15, -0.1) is 23.5 Å². The maximum atomic E-state index is 9.35. The van der Waals surface area contributed by atoms with Crippen LogP contribution in [0.2, 0.25) is 0 Å². The molecule has 0 radical (unpaired) electrons. The van der Waals surface area contributed by atoms with Gasteiger partial charge in [-0.05, 0) is 12.5 Å². The molecule has 2 atom stereocenters. The predicted octanol–water partition coefficient (Wildman–Crippen LogP) is 0.407.